The summed E-state index contributed by atoms with van der Waals surface area (Å²) >= 11 is 2.06. The molecule has 8 nitrogen and oxygen atoms in total. The van der Waals surface area contributed by atoms with Crippen molar-refractivity contribution < 1.29 is 14.0 Å². The average Bonchev–Trinajstić information content (AvgIpc) is 2.85. The minimum absolute atomic E-state index is 0.107. The summed E-state index contributed by atoms with van der Waals surface area (Å²) in [4.78, 5) is 35.3. The van der Waals surface area contributed by atoms with E-state index in [2.05, 4.69) is 65.4 Å². The van der Waals surface area contributed by atoms with Gasteiger partial charge in [-0.15, -0.1) is 0 Å². The molecule has 2 aliphatic heterocycles. The van der Waals surface area contributed by atoms with Crippen LogP contribution in [0.4, 0.5) is 4.39 Å². The Bertz CT molecular complexity index is 731. The van der Waals surface area contributed by atoms with Crippen LogP contribution in [0.25, 0.3) is 0 Å². The van der Waals surface area contributed by atoms with Crippen molar-refractivity contribution in [3.8, 4) is 0 Å². The monoisotopic (exact) mass is 606 g/mol. The largest absolute Gasteiger partial charge is 0.337 e. The lowest BCUT2D eigenvalue weighted by Gasteiger charge is -2.38. The Labute approximate surface area is 225 Å². The summed E-state index contributed by atoms with van der Waals surface area (Å²) in [5, 5.41) is 0. The van der Waals surface area contributed by atoms with Crippen molar-refractivity contribution in [2.45, 2.75) is 39.3 Å². The van der Waals surface area contributed by atoms with Crippen LogP contribution in [0.1, 0.15) is 27.2 Å². The van der Waals surface area contributed by atoms with Gasteiger partial charge in [0.1, 0.15) is 0 Å². The number of likely N-dealkylation sites (N-methyl/N-ethyl adjacent to an activating group) is 2. The van der Waals surface area contributed by atoms with Crippen molar-refractivity contribution in [2.75, 3.05) is 86.1 Å². The highest BCUT2D eigenvalue weighted by atomic mass is 127. The number of nitrogens with zero attached hydrogens (tertiary/aromatic N) is 6. The van der Waals surface area contributed by atoms with E-state index >= 15 is 0 Å². The number of hydrogen-bond acceptors (Lipinski definition) is 6. The molecular formula is C25H44FIN6O2. The van der Waals surface area contributed by atoms with Gasteiger partial charge in [-0.1, -0.05) is 6.08 Å². The fourth-order valence-corrected chi connectivity index (χ4v) is 4.59. The van der Waals surface area contributed by atoms with Crippen molar-refractivity contribution in [1.29, 1.82) is 0 Å². The van der Waals surface area contributed by atoms with E-state index in [0.717, 1.165) is 58.8 Å². The zero-order valence-corrected chi connectivity index (χ0v) is 24.3. The Morgan fingerprint density at radius 1 is 0.914 bits per heavy atom. The van der Waals surface area contributed by atoms with E-state index in [4.69, 9.17) is 0 Å². The average molecular weight is 607 g/mol. The Kier molecular flexibility index (Phi) is 13.1. The molecule has 0 aliphatic carbocycles. The lowest BCUT2D eigenvalue weighted by molar-refractivity contribution is -0.130. The summed E-state index contributed by atoms with van der Waals surface area (Å²) in [6, 6.07) is 0.911. The Balaban J connectivity index is 1.65. The highest BCUT2D eigenvalue weighted by Gasteiger charge is 2.26. The zero-order chi connectivity index (χ0) is 26.0. The first-order valence-corrected chi connectivity index (χ1v) is 13.7. The van der Waals surface area contributed by atoms with E-state index in [9.17, 15) is 14.0 Å². The molecule has 2 rings (SSSR count). The molecule has 0 N–H and O–H groups in total. The molecule has 0 bridgehead atoms. The smallest absolute Gasteiger partial charge is 0.282 e. The fourth-order valence-electron chi connectivity index (χ4n) is 4.39. The summed E-state index contributed by atoms with van der Waals surface area (Å²) in [6.07, 6.45) is 6.02. The maximum atomic E-state index is 14.1. The summed E-state index contributed by atoms with van der Waals surface area (Å²) in [5.74, 6) is -1.06. The van der Waals surface area contributed by atoms with E-state index in [1.165, 1.54) is 6.08 Å². The number of hydrogen-bond donors (Lipinski definition) is 0. The minimum Gasteiger partial charge on any atom is -0.337 e. The van der Waals surface area contributed by atoms with Gasteiger partial charge in [-0.2, -0.15) is 0 Å². The normalized spacial score (nSPS) is 20.0. The molecule has 0 aromatic heterocycles. The Morgan fingerprint density at radius 3 is 2.06 bits per heavy atom. The van der Waals surface area contributed by atoms with Gasteiger partial charge in [0.25, 0.3) is 5.91 Å². The topological polar surface area (TPSA) is 53.6 Å². The SMILES string of the molecule is CC(C)N1CCN(C(=O)/C=C/CN(C)CCC(C)N2CCN(C(=O)/C(F)=C/CN(C)I)CC2)CC1. The second-order valence-electron chi connectivity index (χ2n) is 9.92. The number of piperazine rings is 2. The van der Waals surface area contributed by atoms with E-state index in [0.29, 0.717) is 31.7 Å². The molecule has 0 radical (unpaired) electrons. The van der Waals surface area contributed by atoms with Gasteiger partial charge in [-0.05, 0) is 53.9 Å². The van der Waals surface area contributed by atoms with Crippen LogP contribution in [0, 0.1) is 0 Å². The molecule has 35 heavy (non-hydrogen) atoms. The number of rotatable bonds is 11. The van der Waals surface area contributed by atoms with Crippen LogP contribution in [0.5, 0.6) is 0 Å². The second kappa shape index (κ2) is 15.2. The van der Waals surface area contributed by atoms with Crippen LogP contribution in [-0.4, -0.2) is 138 Å². The molecule has 0 aromatic rings. The lowest BCUT2D eigenvalue weighted by atomic mass is 10.1. The number of carbonyl (C=O) groups excluding carboxylic acids is 2. The third-order valence-electron chi connectivity index (χ3n) is 6.91. The molecule has 1 atom stereocenters. The van der Waals surface area contributed by atoms with Gasteiger partial charge >= 0.3 is 0 Å². The number of carbonyl (C=O) groups is 2. The zero-order valence-electron chi connectivity index (χ0n) is 22.1. The maximum Gasteiger partial charge on any atom is 0.282 e. The van der Waals surface area contributed by atoms with Crippen LogP contribution < -0.4 is 0 Å². The molecule has 0 saturated carbocycles. The summed E-state index contributed by atoms with van der Waals surface area (Å²) in [5.41, 5.74) is 0. The summed E-state index contributed by atoms with van der Waals surface area (Å²) < 4.78 is 15.9. The standard InChI is InChI=1S/C25H44FIN6O2/c1-21(2)30-13-17-32(18-14-30)24(34)7-6-10-28(4)11-8-22(3)31-15-19-33(20-16-31)25(35)23(26)9-12-29(5)27/h6-7,9,21-22H,8,10-20H2,1-5H3/b7-6+,23-9-. The van der Waals surface area contributed by atoms with Gasteiger partial charge in [-0.3, -0.25) is 19.4 Å². The van der Waals surface area contributed by atoms with Crippen LogP contribution >= 0.6 is 22.9 Å². The number of halogens is 2. The van der Waals surface area contributed by atoms with Crippen molar-refractivity contribution in [1.82, 2.24) is 27.6 Å². The van der Waals surface area contributed by atoms with Crippen molar-refractivity contribution in [3.05, 3.63) is 24.1 Å². The van der Waals surface area contributed by atoms with Crippen LogP contribution in [0.2, 0.25) is 0 Å². The van der Waals surface area contributed by atoms with E-state index < -0.39 is 11.7 Å². The predicted molar refractivity (Wildman–Crippen MR) is 148 cm³/mol. The molecule has 2 aliphatic rings. The summed E-state index contributed by atoms with van der Waals surface area (Å²) in [6.45, 7) is 14.8. The maximum absolute atomic E-state index is 14.1. The molecule has 200 valence electrons. The molecule has 2 saturated heterocycles. The molecule has 2 heterocycles. The molecule has 0 spiro atoms. The fraction of sp³-hybridized carbons (Fsp3) is 0.760. The second-order valence-corrected chi connectivity index (χ2v) is 11.6. The quantitative estimate of drug-likeness (QED) is 0.204. The van der Waals surface area contributed by atoms with Gasteiger partial charge in [-0.25, -0.2) is 7.50 Å². The van der Waals surface area contributed by atoms with Crippen molar-refractivity contribution in [2.24, 2.45) is 0 Å². The van der Waals surface area contributed by atoms with Gasteiger partial charge in [0.15, 0.2) is 5.83 Å². The first-order valence-electron chi connectivity index (χ1n) is 12.7. The van der Waals surface area contributed by atoms with Crippen LogP contribution in [-0.2, 0) is 9.59 Å². The highest BCUT2D eigenvalue weighted by molar-refractivity contribution is 14.1. The van der Waals surface area contributed by atoms with Gasteiger partial charge in [0, 0.05) is 106 Å². The van der Waals surface area contributed by atoms with Crippen LogP contribution in [0.3, 0.4) is 0 Å². The molecule has 2 amide bonds. The Hall–Kier alpha value is -1.08. The van der Waals surface area contributed by atoms with E-state index in [-0.39, 0.29) is 5.91 Å². The highest BCUT2D eigenvalue weighted by Crippen LogP contribution is 2.13. The first-order chi connectivity index (χ1) is 16.6. The van der Waals surface area contributed by atoms with Gasteiger partial charge in [0.05, 0.1) is 0 Å². The predicted octanol–water partition coefficient (Wildman–Crippen LogP) is 2.09. The van der Waals surface area contributed by atoms with E-state index in [1.54, 1.807) is 14.1 Å². The van der Waals surface area contributed by atoms with Gasteiger partial charge in [0.2, 0.25) is 5.91 Å². The minimum atomic E-state index is -0.666. The molecular weight excluding hydrogens is 562 g/mol. The Morgan fingerprint density at radius 2 is 1.49 bits per heavy atom. The number of amides is 2. The van der Waals surface area contributed by atoms with Crippen LogP contribution in [0.15, 0.2) is 24.1 Å². The van der Waals surface area contributed by atoms with Crippen molar-refractivity contribution >= 4 is 34.7 Å². The van der Waals surface area contributed by atoms with Gasteiger partial charge < -0.3 is 14.7 Å². The van der Waals surface area contributed by atoms with Crippen molar-refractivity contribution in [3.63, 3.8) is 0 Å². The molecule has 10 heteroatoms. The molecule has 1 unspecified atom stereocenters. The first kappa shape index (κ1) is 30.1. The summed E-state index contributed by atoms with van der Waals surface area (Å²) in [7, 11) is 3.90. The third-order valence-corrected chi connectivity index (χ3v) is 7.31. The van der Waals surface area contributed by atoms with E-state index in [1.807, 2.05) is 18.0 Å². The third kappa shape index (κ3) is 10.4. The molecule has 0 aromatic carbocycles. The lowest BCUT2D eigenvalue weighted by Crippen LogP contribution is -2.51. The molecule has 2 fully saturated rings.